The van der Waals surface area contributed by atoms with Crippen molar-refractivity contribution in [1.82, 2.24) is 5.32 Å². The molecule has 1 amide bonds. The maximum Gasteiger partial charge on any atom is 0.349 e. The van der Waals surface area contributed by atoms with Crippen molar-refractivity contribution < 1.29 is 19.1 Å². The van der Waals surface area contributed by atoms with Gasteiger partial charge in [-0.2, -0.15) is 5.26 Å². The summed E-state index contributed by atoms with van der Waals surface area (Å²) < 4.78 is 10.0. The molecule has 138 valence electrons. The van der Waals surface area contributed by atoms with Crippen LogP contribution in [-0.2, 0) is 14.3 Å². The van der Waals surface area contributed by atoms with Crippen molar-refractivity contribution >= 4 is 18.0 Å². The molecule has 0 bridgehead atoms. The Bertz CT molecular complexity index is 683. The molecule has 1 aliphatic rings. The van der Waals surface area contributed by atoms with Crippen LogP contribution < -0.4 is 10.1 Å². The molecule has 0 unspecified atom stereocenters. The molecule has 0 heterocycles. The number of hydrogen-bond acceptors (Lipinski definition) is 5. The number of carbonyl (C=O) groups excluding carboxylic acids is 2. The number of benzene rings is 1. The van der Waals surface area contributed by atoms with Crippen LogP contribution in [0, 0.1) is 17.2 Å². The first-order valence-corrected chi connectivity index (χ1v) is 8.82. The van der Waals surface area contributed by atoms with Crippen LogP contribution in [0.3, 0.4) is 0 Å². The lowest BCUT2D eigenvalue weighted by Gasteiger charge is -2.21. The lowest BCUT2D eigenvalue weighted by molar-refractivity contribution is -0.144. The second kappa shape index (κ2) is 10.2. The standard InChI is InChI=1S/C20H24N2O4/c1-25-18-9-7-15(8-10-18)11-17(12-21)20(24)26-14-19(23)22-13-16-5-3-2-4-6-16/h7-11,16H,2-6,13-14H2,1H3,(H,22,23)/b17-11+. The molecule has 26 heavy (non-hydrogen) atoms. The van der Waals surface area contributed by atoms with Crippen molar-refractivity contribution in [3.63, 3.8) is 0 Å². The molecule has 1 saturated carbocycles. The maximum absolute atomic E-state index is 12.0. The molecule has 1 aliphatic carbocycles. The number of nitrogens with one attached hydrogen (secondary N) is 1. The predicted molar refractivity (Wildman–Crippen MR) is 97.1 cm³/mol. The van der Waals surface area contributed by atoms with E-state index in [4.69, 9.17) is 14.7 Å². The number of carbonyl (C=O) groups is 2. The first-order chi connectivity index (χ1) is 12.6. The van der Waals surface area contributed by atoms with E-state index in [0.29, 0.717) is 23.8 Å². The van der Waals surface area contributed by atoms with Crippen LogP contribution in [0.5, 0.6) is 5.75 Å². The Balaban J connectivity index is 1.81. The Morgan fingerprint density at radius 2 is 1.92 bits per heavy atom. The minimum Gasteiger partial charge on any atom is -0.497 e. The summed E-state index contributed by atoms with van der Waals surface area (Å²) in [6, 6.07) is 8.71. The molecular formula is C20H24N2O4. The number of amides is 1. The van der Waals surface area contributed by atoms with Gasteiger partial charge in [0.2, 0.25) is 0 Å². The lowest BCUT2D eigenvalue weighted by Crippen LogP contribution is -2.33. The van der Waals surface area contributed by atoms with Crippen molar-refractivity contribution in [2.75, 3.05) is 20.3 Å². The molecule has 0 aliphatic heterocycles. The van der Waals surface area contributed by atoms with E-state index in [-0.39, 0.29) is 18.1 Å². The van der Waals surface area contributed by atoms with Crippen molar-refractivity contribution in [2.45, 2.75) is 32.1 Å². The van der Waals surface area contributed by atoms with Gasteiger partial charge in [-0.1, -0.05) is 31.4 Å². The van der Waals surface area contributed by atoms with E-state index < -0.39 is 5.97 Å². The zero-order valence-electron chi connectivity index (χ0n) is 15.0. The molecule has 1 aromatic carbocycles. The average molecular weight is 356 g/mol. The lowest BCUT2D eigenvalue weighted by atomic mass is 9.89. The second-order valence-corrected chi connectivity index (χ2v) is 6.33. The summed E-state index contributed by atoms with van der Waals surface area (Å²) in [6.45, 7) is 0.233. The molecule has 0 atom stereocenters. The van der Waals surface area contributed by atoms with E-state index in [9.17, 15) is 9.59 Å². The molecule has 0 radical (unpaired) electrons. The molecule has 1 N–H and O–H groups in total. The number of nitrogens with zero attached hydrogens (tertiary/aromatic N) is 1. The fourth-order valence-electron chi connectivity index (χ4n) is 2.91. The van der Waals surface area contributed by atoms with Crippen molar-refractivity contribution in [3.05, 3.63) is 35.4 Å². The van der Waals surface area contributed by atoms with Crippen LogP contribution >= 0.6 is 0 Å². The summed E-state index contributed by atoms with van der Waals surface area (Å²) in [5.74, 6) is 0.0349. The minimum absolute atomic E-state index is 0.157. The fraction of sp³-hybridized carbons (Fsp3) is 0.450. The molecule has 0 aromatic heterocycles. The largest absolute Gasteiger partial charge is 0.497 e. The van der Waals surface area contributed by atoms with E-state index in [2.05, 4.69) is 5.32 Å². The van der Waals surface area contributed by atoms with Gasteiger partial charge in [0.05, 0.1) is 7.11 Å². The van der Waals surface area contributed by atoms with Crippen LogP contribution in [0.2, 0.25) is 0 Å². The summed E-state index contributed by atoms with van der Waals surface area (Å²) in [4.78, 5) is 23.8. The molecule has 0 spiro atoms. The average Bonchev–Trinajstić information content (AvgIpc) is 2.69. The highest BCUT2D eigenvalue weighted by Gasteiger charge is 2.16. The third kappa shape index (κ3) is 6.25. The Morgan fingerprint density at radius 3 is 2.54 bits per heavy atom. The highest BCUT2D eigenvalue weighted by Crippen LogP contribution is 2.22. The monoisotopic (exact) mass is 356 g/mol. The zero-order valence-corrected chi connectivity index (χ0v) is 15.0. The highest BCUT2D eigenvalue weighted by atomic mass is 16.5. The molecule has 1 fully saturated rings. The molecular weight excluding hydrogens is 332 g/mol. The number of esters is 1. The minimum atomic E-state index is -0.809. The summed E-state index contributed by atoms with van der Waals surface area (Å²) >= 11 is 0. The van der Waals surface area contributed by atoms with Crippen LogP contribution in [-0.4, -0.2) is 32.1 Å². The Hall–Kier alpha value is -2.81. The number of methoxy groups -OCH3 is 1. The van der Waals surface area contributed by atoms with E-state index in [1.165, 1.54) is 25.3 Å². The highest BCUT2D eigenvalue weighted by molar-refractivity contribution is 5.98. The summed E-state index contributed by atoms with van der Waals surface area (Å²) in [5.41, 5.74) is 0.510. The van der Waals surface area contributed by atoms with E-state index >= 15 is 0 Å². The third-order valence-corrected chi connectivity index (χ3v) is 4.41. The fourth-order valence-corrected chi connectivity index (χ4v) is 2.91. The Kier molecular flexibility index (Phi) is 7.69. The van der Waals surface area contributed by atoms with Gasteiger partial charge in [0, 0.05) is 6.54 Å². The Morgan fingerprint density at radius 1 is 1.23 bits per heavy atom. The third-order valence-electron chi connectivity index (χ3n) is 4.41. The molecule has 6 heteroatoms. The van der Waals surface area contributed by atoms with Crippen LogP contribution in [0.1, 0.15) is 37.7 Å². The van der Waals surface area contributed by atoms with Gasteiger partial charge in [-0.25, -0.2) is 4.79 Å². The van der Waals surface area contributed by atoms with Crippen LogP contribution in [0.4, 0.5) is 0 Å². The van der Waals surface area contributed by atoms with Gasteiger partial charge in [-0.3, -0.25) is 4.79 Å². The number of hydrogen-bond donors (Lipinski definition) is 1. The van der Waals surface area contributed by atoms with Gasteiger partial charge in [0.15, 0.2) is 6.61 Å². The summed E-state index contributed by atoms with van der Waals surface area (Å²) in [7, 11) is 1.56. The maximum atomic E-state index is 12.0. The molecule has 2 rings (SSSR count). The van der Waals surface area contributed by atoms with Crippen LogP contribution in [0.15, 0.2) is 29.8 Å². The van der Waals surface area contributed by atoms with Gasteiger partial charge in [0.1, 0.15) is 17.4 Å². The number of ether oxygens (including phenoxy) is 2. The van der Waals surface area contributed by atoms with E-state index in [1.807, 2.05) is 6.07 Å². The zero-order chi connectivity index (χ0) is 18.8. The van der Waals surface area contributed by atoms with Gasteiger partial charge in [-0.15, -0.1) is 0 Å². The van der Waals surface area contributed by atoms with Crippen molar-refractivity contribution in [3.8, 4) is 11.8 Å². The van der Waals surface area contributed by atoms with Gasteiger partial charge in [0.25, 0.3) is 5.91 Å². The van der Waals surface area contributed by atoms with Gasteiger partial charge in [-0.05, 0) is 42.5 Å². The second-order valence-electron chi connectivity index (χ2n) is 6.33. The van der Waals surface area contributed by atoms with E-state index in [1.54, 1.807) is 31.4 Å². The number of rotatable bonds is 7. The van der Waals surface area contributed by atoms with Crippen LogP contribution in [0.25, 0.3) is 6.08 Å². The van der Waals surface area contributed by atoms with E-state index in [0.717, 1.165) is 12.8 Å². The molecule has 1 aromatic rings. The first-order valence-electron chi connectivity index (χ1n) is 8.82. The summed E-state index contributed by atoms with van der Waals surface area (Å²) in [6.07, 6.45) is 7.35. The SMILES string of the molecule is COc1ccc(/C=C(\C#N)C(=O)OCC(=O)NCC2CCCCC2)cc1. The smallest absolute Gasteiger partial charge is 0.349 e. The van der Waals surface area contributed by atoms with Gasteiger partial charge >= 0.3 is 5.97 Å². The van der Waals surface area contributed by atoms with Crippen molar-refractivity contribution in [2.24, 2.45) is 5.92 Å². The Labute approximate surface area is 153 Å². The predicted octanol–water partition coefficient (Wildman–Crippen LogP) is 2.84. The summed E-state index contributed by atoms with van der Waals surface area (Å²) in [5, 5.41) is 11.9. The topological polar surface area (TPSA) is 88.4 Å². The quantitative estimate of drug-likeness (QED) is 0.461. The normalized spacial score (nSPS) is 15.0. The molecule has 0 saturated heterocycles. The number of nitriles is 1. The first kappa shape index (κ1) is 19.5. The van der Waals surface area contributed by atoms with Crippen molar-refractivity contribution in [1.29, 1.82) is 5.26 Å². The molecule has 6 nitrogen and oxygen atoms in total. The van der Waals surface area contributed by atoms with Gasteiger partial charge < -0.3 is 14.8 Å².